The summed E-state index contributed by atoms with van der Waals surface area (Å²) < 4.78 is 0. The fourth-order valence-electron chi connectivity index (χ4n) is 1.01. The number of hydrogen-bond donors (Lipinski definition) is 2. The summed E-state index contributed by atoms with van der Waals surface area (Å²) in [4.78, 5) is 15.1. The molecule has 0 saturated heterocycles. The molecule has 0 atom stereocenters. The van der Waals surface area contributed by atoms with Crippen LogP contribution in [-0.2, 0) is 0 Å². The number of amidine groups is 1. The molecule has 3 N–H and O–H groups in total. The maximum Gasteiger partial charge on any atom is 0.278 e. The Hall–Kier alpha value is -2.10. The molecule has 4 nitrogen and oxygen atoms in total. The Bertz CT molecular complexity index is 404. The van der Waals surface area contributed by atoms with Crippen LogP contribution in [0.15, 0.2) is 47.2 Å². The number of allylic oxidation sites excluding steroid dienone is 1. The van der Waals surface area contributed by atoms with E-state index in [9.17, 15) is 4.79 Å². The molecule has 0 heterocycles. The Morgan fingerprint density at radius 1 is 1.40 bits per heavy atom. The number of nitrogens with two attached hydrogens (primary N) is 1. The first kappa shape index (κ1) is 11.0. The maximum absolute atomic E-state index is 11.5. The Morgan fingerprint density at radius 2 is 2.00 bits per heavy atom. The van der Waals surface area contributed by atoms with Crippen LogP contribution in [0.4, 0.5) is 0 Å². The molecule has 0 radical (unpaired) electrons. The molecular weight excluding hydrogens is 192 g/mol. The van der Waals surface area contributed by atoms with Gasteiger partial charge in [0.15, 0.2) is 0 Å². The zero-order chi connectivity index (χ0) is 11.3. The summed E-state index contributed by atoms with van der Waals surface area (Å²) >= 11 is 0. The molecule has 0 fully saturated rings. The summed E-state index contributed by atoms with van der Waals surface area (Å²) in [7, 11) is 0. The molecule has 1 aromatic carbocycles. The largest absolute Gasteiger partial charge is 0.512 e. The van der Waals surface area contributed by atoms with Gasteiger partial charge in [0.1, 0.15) is 5.84 Å². The van der Waals surface area contributed by atoms with Crippen molar-refractivity contribution in [1.29, 1.82) is 0 Å². The second-order valence-corrected chi connectivity index (χ2v) is 2.99. The molecular formula is C11H12N2O2. The molecule has 4 heteroatoms. The molecule has 78 valence electrons. The molecule has 15 heavy (non-hydrogen) atoms. The van der Waals surface area contributed by atoms with Crippen molar-refractivity contribution in [2.45, 2.75) is 6.92 Å². The van der Waals surface area contributed by atoms with Gasteiger partial charge in [-0.25, -0.2) is 0 Å². The smallest absolute Gasteiger partial charge is 0.278 e. The van der Waals surface area contributed by atoms with E-state index in [4.69, 9.17) is 10.8 Å². The van der Waals surface area contributed by atoms with Gasteiger partial charge in [-0.2, -0.15) is 4.99 Å². The van der Waals surface area contributed by atoms with Crippen molar-refractivity contribution in [2.24, 2.45) is 10.7 Å². The Morgan fingerprint density at radius 3 is 2.53 bits per heavy atom. The fraction of sp³-hybridized carbons (Fsp3) is 0.0909. The summed E-state index contributed by atoms with van der Waals surface area (Å²) in [5.74, 6) is -0.424. The highest BCUT2D eigenvalue weighted by molar-refractivity contribution is 6.06. The van der Waals surface area contributed by atoms with E-state index in [1.54, 1.807) is 24.3 Å². The van der Waals surface area contributed by atoms with Crippen molar-refractivity contribution in [3.63, 3.8) is 0 Å². The van der Waals surface area contributed by atoms with Gasteiger partial charge in [-0.05, 0) is 19.1 Å². The highest BCUT2D eigenvalue weighted by Gasteiger charge is 2.02. The predicted octanol–water partition coefficient (Wildman–Crippen LogP) is 1.65. The zero-order valence-corrected chi connectivity index (χ0v) is 8.34. The van der Waals surface area contributed by atoms with Crippen LogP contribution in [-0.4, -0.2) is 16.8 Å². The maximum atomic E-state index is 11.5. The van der Waals surface area contributed by atoms with Gasteiger partial charge in [0.2, 0.25) is 0 Å². The van der Waals surface area contributed by atoms with Crippen LogP contribution in [0.3, 0.4) is 0 Å². The summed E-state index contributed by atoms with van der Waals surface area (Å²) in [5, 5.41) is 8.90. The van der Waals surface area contributed by atoms with Crippen LogP contribution in [0.2, 0.25) is 0 Å². The van der Waals surface area contributed by atoms with E-state index >= 15 is 0 Å². The minimum Gasteiger partial charge on any atom is -0.512 e. The number of aliphatic hydroxyl groups excluding tert-OH is 1. The van der Waals surface area contributed by atoms with Crippen LogP contribution in [0.1, 0.15) is 17.3 Å². The van der Waals surface area contributed by atoms with Gasteiger partial charge < -0.3 is 10.8 Å². The standard InChI is InChI=1S/C11H12N2O2/c1-8(14)7-10(12)13-11(15)9-5-3-2-4-6-9/h2-7,14H,1H3,(H2,12,13,15)/b8-7-. The molecule has 0 aliphatic carbocycles. The van der Waals surface area contributed by atoms with E-state index < -0.39 is 5.91 Å². The number of carbonyl (C=O) groups is 1. The van der Waals surface area contributed by atoms with Gasteiger partial charge in [0.05, 0.1) is 5.76 Å². The van der Waals surface area contributed by atoms with Gasteiger partial charge in [0, 0.05) is 11.6 Å². The van der Waals surface area contributed by atoms with E-state index in [1.165, 1.54) is 13.0 Å². The first-order valence-corrected chi connectivity index (χ1v) is 4.40. The van der Waals surface area contributed by atoms with Gasteiger partial charge in [0.25, 0.3) is 5.91 Å². The van der Waals surface area contributed by atoms with Gasteiger partial charge >= 0.3 is 0 Å². The fourth-order valence-corrected chi connectivity index (χ4v) is 1.01. The number of hydrogen-bond acceptors (Lipinski definition) is 2. The molecule has 1 amide bonds. The lowest BCUT2D eigenvalue weighted by molar-refractivity contribution is 0.100. The number of carbonyl (C=O) groups excluding carboxylic acids is 1. The highest BCUT2D eigenvalue weighted by Crippen LogP contribution is 2.00. The normalized spacial score (nSPS) is 12.6. The Kier molecular flexibility index (Phi) is 3.62. The predicted molar refractivity (Wildman–Crippen MR) is 58.8 cm³/mol. The number of aliphatic imine (C=N–C) groups is 1. The lowest BCUT2D eigenvalue weighted by Crippen LogP contribution is -2.12. The molecule has 0 aliphatic heterocycles. The zero-order valence-electron chi connectivity index (χ0n) is 8.34. The summed E-state index contributed by atoms with van der Waals surface area (Å²) in [6.07, 6.45) is 1.22. The minimum atomic E-state index is -0.425. The van der Waals surface area contributed by atoms with E-state index in [0.717, 1.165) is 0 Å². The molecule has 0 unspecified atom stereocenters. The van der Waals surface area contributed by atoms with E-state index in [0.29, 0.717) is 5.56 Å². The summed E-state index contributed by atoms with van der Waals surface area (Å²) in [5.41, 5.74) is 5.87. The number of aliphatic hydroxyl groups is 1. The molecule has 0 bridgehead atoms. The van der Waals surface area contributed by atoms with Crippen molar-refractivity contribution >= 4 is 11.7 Å². The second kappa shape index (κ2) is 4.95. The van der Waals surface area contributed by atoms with Gasteiger partial charge in [-0.15, -0.1) is 0 Å². The number of benzene rings is 1. The Balaban J connectivity index is 2.84. The van der Waals surface area contributed by atoms with Crippen molar-refractivity contribution in [1.82, 2.24) is 0 Å². The number of rotatable bonds is 2. The van der Waals surface area contributed by atoms with Gasteiger partial charge in [-0.3, -0.25) is 4.79 Å². The first-order chi connectivity index (χ1) is 7.09. The quantitative estimate of drug-likeness (QED) is 0.437. The third-order valence-electron chi connectivity index (χ3n) is 1.61. The first-order valence-electron chi connectivity index (χ1n) is 4.40. The van der Waals surface area contributed by atoms with Crippen molar-refractivity contribution in [3.8, 4) is 0 Å². The van der Waals surface area contributed by atoms with E-state index in [2.05, 4.69) is 4.99 Å². The third kappa shape index (κ3) is 3.64. The van der Waals surface area contributed by atoms with E-state index in [-0.39, 0.29) is 11.6 Å². The van der Waals surface area contributed by atoms with Crippen LogP contribution in [0.5, 0.6) is 0 Å². The molecule has 0 aromatic heterocycles. The van der Waals surface area contributed by atoms with Crippen molar-refractivity contribution in [3.05, 3.63) is 47.7 Å². The van der Waals surface area contributed by atoms with Crippen molar-refractivity contribution in [2.75, 3.05) is 0 Å². The van der Waals surface area contributed by atoms with E-state index in [1.807, 2.05) is 6.07 Å². The number of nitrogens with zero attached hydrogens (tertiary/aromatic N) is 1. The number of amides is 1. The van der Waals surface area contributed by atoms with Crippen LogP contribution >= 0.6 is 0 Å². The van der Waals surface area contributed by atoms with Crippen molar-refractivity contribution < 1.29 is 9.90 Å². The topological polar surface area (TPSA) is 75.7 Å². The molecule has 1 rings (SSSR count). The average molecular weight is 204 g/mol. The summed E-state index contributed by atoms with van der Waals surface area (Å²) in [6.45, 7) is 1.45. The lowest BCUT2D eigenvalue weighted by Gasteiger charge is -1.95. The lowest BCUT2D eigenvalue weighted by atomic mass is 10.2. The van der Waals surface area contributed by atoms with Crippen LogP contribution < -0.4 is 5.73 Å². The molecule has 0 saturated carbocycles. The molecule has 0 spiro atoms. The minimum absolute atomic E-state index is 0.0103. The average Bonchev–Trinajstić information content (AvgIpc) is 2.17. The highest BCUT2D eigenvalue weighted by atomic mass is 16.3. The second-order valence-electron chi connectivity index (χ2n) is 2.99. The monoisotopic (exact) mass is 204 g/mol. The van der Waals surface area contributed by atoms with Crippen LogP contribution in [0, 0.1) is 0 Å². The van der Waals surface area contributed by atoms with Crippen LogP contribution in [0.25, 0.3) is 0 Å². The van der Waals surface area contributed by atoms with Gasteiger partial charge in [-0.1, -0.05) is 18.2 Å². The summed E-state index contributed by atoms with van der Waals surface area (Å²) in [6, 6.07) is 8.59. The third-order valence-corrected chi connectivity index (χ3v) is 1.61. The SMILES string of the molecule is C/C(O)=C/C(N)=NC(=O)c1ccccc1. The molecule has 1 aromatic rings. The molecule has 0 aliphatic rings. The Labute approximate surface area is 87.8 Å².